The smallest absolute Gasteiger partial charge is 0.330 e. The summed E-state index contributed by atoms with van der Waals surface area (Å²) in [5.41, 5.74) is 3.88. The summed E-state index contributed by atoms with van der Waals surface area (Å²) in [7, 11) is 0. The van der Waals surface area contributed by atoms with Gasteiger partial charge in [0, 0.05) is 12.5 Å². The van der Waals surface area contributed by atoms with Gasteiger partial charge in [0.15, 0.2) is 0 Å². The Balaban J connectivity index is 1.43. The molecule has 0 amide bonds. The van der Waals surface area contributed by atoms with Crippen LogP contribution in [0.3, 0.4) is 0 Å². The highest BCUT2D eigenvalue weighted by atomic mass is 16.6. The molecule has 6 nitrogen and oxygen atoms in total. The SMILES string of the molecule is C=C1CCC[C@@H]2CC=C[C@@H](C/C=C\C(=O)O[C@H]([C@@H](O)/C=C/C3CCC(C)=C(C)C3)C[C@@H]3O[C@H]3[C@@H](O)C1)O2. The van der Waals surface area contributed by atoms with Gasteiger partial charge in [-0.25, -0.2) is 4.79 Å². The summed E-state index contributed by atoms with van der Waals surface area (Å²) >= 11 is 0. The van der Waals surface area contributed by atoms with E-state index in [4.69, 9.17) is 14.2 Å². The van der Waals surface area contributed by atoms with Crippen LogP contribution >= 0.6 is 0 Å². The predicted molar refractivity (Wildman–Crippen MR) is 144 cm³/mol. The third kappa shape index (κ3) is 8.51. The highest BCUT2D eigenvalue weighted by Crippen LogP contribution is 2.35. The van der Waals surface area contributed by atoms with Crippen molar-refractivity contribution in [3.8, 4) is 0 Å². The fraction of sp³-hybridized carbons (Fsp3) is 0.645. The summed E-state index contributed by atoms with van der Waals surface area (Å²) in [6, 6.07) is 0. The molecular weight excluding hydrogens is 468 g/mol. The van der Waals surface area contributed by atoms with E-state index in [0.29, 0.717) is 25.2 Å². The number of fused-ring (bicyclic) bond motifs is 3. The Morgan fingerprint density at radius 2 is 1.92 bits per heavy atom. The van der Waals surface area contributed by atoms with Crippen molar-refractivity contribution in [3.05, 3.63) is 59.8 Å². The molecule has 204 valence electrons. The Kier molecular flexibility index (Phi) is 9.99. The summed E-state index contributed by atoms with van der Waals surface area (Å²) in [6.07, 6.45) is 16.5. The van der Waals surface area contributed by atoms with Crippen LogP contribution in [-0.4, -0.2) is 58.9 Å². The van der Waals surface area contributed by atoms with Crippen LogP contribution in [0.5, 0.6) is 0 Å². The summed E-state index contributed by atoms with van der Waals surface area (Å²) in [5.74, 6) is -0.119. The number of epoxide rings is 1. The lowest BCUT2D eigenvalue weighted by molar-refractivity contribution is -0.148. The molecule has 2 bridgehead atoms. The number of ether oxygens (including phenoxy) is 3. The Morgan fingerprint density at radius 3 is 2.73 bits per heavy atom. The lowest BCUT2D eigenvalue weighted by Gasteiger charge is -2.26. The maximum absolute atomic E-state index is 12.7. The fourth-order valence-corrected chi connectivity index (χ4v) is 5.65. The first kappa shape index (κ1) is 28.0. The summed E-state index contributed by atoms with van der Waals surface area (Å²) in [6.45, 7) is 8.51. The molecule has 0 spiro atoms. The monoisotopic (exact) mass is 512 g/mol. The van der Waals surface area contributed by atoms with Crippen LogP contribution in [0, 0.1) is 5.92 Å². The summed E-state index contributed by atoms with van der Waals surface area (Å²) in [5, 5.41) is 21.7. The number of cyclic esters (lactones) is 1. The highest BCUT2D eigenvalue weighted by Gasteiger charge is 2.46. The molecule has 0 aromatic heterocycles. The average Bonchev–Trinajstić information content (AvgIpc) is 3.63. The third-order valence-corrected chi connectivity index (χ3v) is 8.18. The molecule has 1 unspecified atom stereocenters. The van der Waals surface area contributed by atoms with Crippen LogP contribution in [0.4, 0.5) is 0 Å². The molecule has 0 radical (unpaired) electrons. The number of esters is 1. The number of rotatable bonds is 3. The first-order valence-corrected chi connectivity index (χ1v) is 14.0. The van der Waals surface area contributed by atoms with Crippen LogP contribution in [-0.2, 0) is 19.0 Å². The molecule has 3 aliphatic heterocycles. The third-order valence-electron chi connectivity index (χ3n) is 8.18. The van der Waals surface area contributed by atoms with E-state index >= 15 is 0 Å². The Morgan fingerprint density at radius 1 is 1.08 bits per heavy atom. The molecule has 3 heterocycles. The number of carbonyl (C=O) groups excluding carboxylic acids is 1. The van der Waals surface area contributed by atoms with Gasteiger partial charge in [-0.05, 0) is 77.6 Å². The standard InChI is InChI=1S/C31H44O6/c1-20-7-4-8-24-9-5-10-25(35-24)11-6-12-30(34)36-28(19-29-31(37-29)27(33)17-20)26(32)16-15-23-14-13-21(2)22(3)18-23/h5-6,10,12,15-16,23-29,31-33H,1,4,7-9,11,13-14,17-19H2,2-3H3/b12-6-,16-15+/t23?,24-,25+,26+,27+,28+,29+,31+/m1/s1. The molecule has 0 aromatic rings. The quantitative estimate of drug-likeness (QED) is 0.305. The van der Waals surface area contributed by atoms with E-state index in [0.717, 1.165) is 50.5 Å². The van der Waals surface area contributed by atoms with Gasteiger partial charge in [-0.15, -0.1) is 0 Å². The van der Waals surface area contributed by atoms with Crippen LogP contribution in [0.25, 0.3) is 0 Å². The molecule has 8 atom stereocenters. The van der Waals surface area contributed by atoms with E-state index in [1.807, 2.05) is 6.08 Å². The zero-order valence-corrected chi connectivity index (χ0v) is 22.4. The number of hydrogen-bond donors (Lipinski definition) is 2. The summed E-state index contributed by atoms with van der Waals surface area (Å²) in [4.78, 5) is 12.7. The van der Waals surface area contributed by atoms with Gasteiger partial charge in [0.25, 0.3) is 0 Å². The molecule has 4 aliphatic rings. The average molecular weight is 513 g/mol. The fourth-order valence-electron chi connectivity index (χ4n) is 5.65. The van der Waals surface area contributed by atoms with Crippen molar-refractivity contribution < 1.29 is 29.2 Å². The topological polar surface area (TPSA) is 88.5 Å². The number of aliphatic hydroxyl groups is 2. The zero-order valence-electron chi connectivity index (χ0n) is 22.4. The van der Waals surface area contributed by atoms with Crippen LogP contribution in [0.2, 0.25) is 0 Å². The number of aliphatic hydroxyl groups excluding tert-OH is 2. The van der Waals surface area contributed by atoms with Crippen molar-refractivity contribution >= 4 is 5.97 Å². The van der Waals surface area contributed by atoms with Crippen LogP contribution in [0.1, 0.15) is 78.1 Å². The van der Waals surface area contributed by atoms with E-state index in [2.05, 4.69) is 32.6 Å². The number of hydrogen-bond acceptors (Lipinski definition) is 6. The number of allylic oxidation sites excluding steroid dienone is 3. The minimum absolute atomic E-state index is 0.0618. The lowest BCUT2D eigenvalue weighted by atomic mass is 9.84. The molecule has 37 heavy (non-hydrogen) atoms. The van der Waals surface area contributed by atoms with Gasteiger partial charge < -0.3 is 24.4 Å². The van der Waals surface area contributed by atoms with E-state index in [-0.39, 0.29) is 24.4 Å². The molecule has 0 saturated carbocycles. The normalized spacial score (nSPS) is 37.9. The minimum atomic E-state index is -0.947. The van der Waals surface area contributed by atoms with Gasteiger partial charge in [-0.1, -0.05) is 53.7 Å². The Labute approximate surface area is 221 Å². The predicted octanol–water partition coefficient (Wildman–Crippen LogP) is 5.26. The van der Waals surface area contributed by atoms with Crippen molar-refractivity contribution in [2.45, 2.75) is 121 Å². The van der Waals surface area contributed by atoms with Gasteiger partial charge in [0.1, 0.15) is 18.3 Å². The van der Waals surface area contributed by atoms with Crippen molar-refractivity contribution in [1.82, 2.24) is 0 Å². The second-order valence-electron chi connectivity index (χ2n) is 11.3. The Hall–Kier alpha value is -1.99. The van der Waals surface area contributed by atoms with Crippen molar-refractivity contribution in [1.29, 1.82) is 0 Å². The first-order valence-electron chi connectivity index (χ1n) is 14.0. The molecule has 2 N–H and O–H groups in total. The lowest BCUT2D eigenvalue weighted by Crippen LogP contribution is -2.32. The van der Waals surface area contributed by atoms with Gasteiger partial charge in [0.05, 0.1) is 24.4 Å². The molecule has 4 rings (SSSR count). The van der Waals surface area contributed by atoms with Gasteiger partial charge in [0.2, 0.25) is 0 Å². The molecule has 6 heteroatoms. The maximum Gasteiger partial charge on any atom is 0.330 e. The Bertz CT molecular complexity index is 930. The molecule has 1 fully saturated rings. The summed E-state index contributed by atoms with van der Waals surface area (Å²) < 4.78 is 17.7. The van der Waals surface area contributed by atoms with Crippen molar-refractivity contribution in [2.24, 2.45) is 5.92 Å². The van der Waals surface area contributed by atoms with E-state index in [1.54, 1.807) is 12.2 Å². The van der Waals surface area contributed by atoms with Crippen molar-refractivity contribution in [3.63, 3.8) is 0 Å². The second-order valence-corrected chi connectivity index (χ2v) is 11.3. The largest absolute Gasteiger partial charge is 0.456 e. The van der Waals surface area contributed by atoms with Crippen LogP contribution < -0.4 is 0 Å². The second kappa shape index (κ2) is 13.2. The van der Waals surface area contributed by atoms with Gasteiger partial charge in [-0.2, -0.15) is 0 Å². The highest BCUT2D eigenvalue weighted by molar-refractivity contribution is 5.82. The maximum atomic E-state index is 12.7. The molecule has 1 saturated heterocycles. The van der Waals surface area contributed by atoms with E-state index in [9.17, 15) is 15.0 Å². The zero-order chi connectivity index (χ0) is 26.4. The van der Waals surface area contributed by atoms with Gasteiger partial charge >= 0.3 is 5.97 Å². The first-order chi connectivity index (χ1) is 17.8. The van der Waals surface area contributed by atoms with E-state index in [1.165, 1.54) is 17.2 Å². The van der Waals surface area contributed by atoms with Crippen LogP contribution in [0.15, 0.2) is 59.8 Å². The minimum Gasteiger partial charge on any atom is -0.456 e. The molecule has 0 aromatic carbocycles. The molecular formula is C31H44O6. The number of carbonyl (C=O) groups is 1. The molecule has 1 aliphatic carbocycles. The van der Waals surface area contributed by atoms with Crippen molar-refractivity contribution in [2.75, 3.05) is 0 Å². The van der Waals surface area contributed by atoms with Gasteiger partial charge in [-0.3, -0.25) is 0 Å². The van der Waals surface area contributed by atoms with E-state index < -0.39 is 24.3 Å².